The summed E-state index contributed by atoms with van der Waals surface area (Å²) in [5.74, 6) is 0.709. The number of aromatic nitrogens is 3. The molecule has 0 aliphatic heterocycles. The zero-order valence-electron chi connectivity index (χ0n) is 14.5. The zero-order chi connectivity index (χ0) is 19.2. The Morgan fingerprint density at radius 3 is 2.67 bits per heavy atom. The molecule has 0 saturated carbocycles. The lowest BCUT2D eigenvalue weighted by Crippen LogP contribution is -2.14. The molecule has 0 spiro atoms. The summed E-state index contributed by atoms with van der Waals surface area (Å²) in [6, 6.07) is 16.7. The molecule has 3 aromatic rings. The third kappa shape index (κ3) is 4.67. The van der Waals surface area contributed by atoms with Gasteiger partial charge in [-0.05, 0) is 29.8 Å². The van der Waals surface area contributed by atoms with Crippen LogP contribution in [0.1, 0.15) is 5.56 Å². The van der Waals surface area contributed by atoms with Gasteiger partial charge >= 0.3 is 0 Å². The van der Waals surface area contributed by atoms with Crippen LogP contribution in [0.4, 0.5) is 5.69 Å². The van der Waals surface area contributed by atoms with Crippen molar-refractivity contribution in [2.45, 2.75) is 11.6 Å². The topological polar surface area (TPSA) is 83.6 Å². The number of carbonyl (C=O) groups is 1. The number of anilines is 1. The van der Waals surface area contributed by atoms with Crippen LogP contribution in [0, 0.1) is 11.3 Å². The lowest BCUT2D eigenvalue weighted by molar-refractivity contribution is -0.113. The van der Waals surface area contributed by atoms with Crippen molar-refractivity contribution in [2.75, 3.05) is 11.1 Å². The number of nitrogens with zero attached hydrogens (tertiary/aromatic N) is 4. The van der Waals surface area contributed by atoms with Gasteiger partial charge in [0.25, 0.3) is 0 Å². The number of carbonyl (C=O) groups excluding carboxylic acids is 1. The van der Waals surface area contributed by atoms with Gasteiger partial charge in [0.05, 0.1) is 23.3 Å². The normalized spacial score (nSPS) is 10.4. The monoisotopic (exact) mass is 397 g/mol. The summed E-state index contributed by atoms with van der Waals surface area (Å²) in [6.07, 6.45) is 0.351. The van der Waals surface area contributed by atoms with Crippen LogP contribution in [0.5, 0.6) is 0 Å². The second kappa shape index (κ2) is 8.71. The molecule has 1 N–H and O–H groups in total. The maximum absolute atomic E-state index is 12.2. The number of nitriles is 1. The summed E-state index contributed by atoms with van der Waals surface area (Å²) in [6.45, 7) is 0. The fourth-order valence-corrected chi connectivity index (χ4v) is 3.37. The number of nitrogens with one attached hydrogen (secondary N) is 1. The third-order valence-corrected chi connectivity index (χ3v) is 5.15. The molecule has 1 heterocycles. The Morgan fingerprint density at radius 2 is 1.96 bits per heavy atom. The van der Waals surface area contributed by atoms with Crippen molar-refractivity contribution in [3.05, 3.63) is 59.1 Å². The Kier molecular flexibility index (Phi) is 6.12. The van der Waals surface area contributed by atoms with Crippen LogP contribution in [0.25, 0.3) is 11.4 Å². The van der Waals surface area contributed by atoms with E-state index in [4.69, 9.17) is 16.9 Å². The highest BCUT2D eigenvalue weighted by molar-refractivity contribution is 7.99. The van der Waals surface area contributed by atoms with Crippen molar-refractivity contribution in [1.29, 1.82) is 5.26 Å². The number of benzene rings is 2. The van der Waals surface area contributed by atoms with Crippen LogP contribution in [0.3, 0.4) is 0 Å². The van der Waals surface area contributed by atoms with Crippen molar-refractivity contribution in [3.63, 3.8) is 0 Å². The highest BCUT2D eigenvalue weighted by Gasteiger charge is 2.14. The molecule has 0 fully saturated rings. The highest BCUT2D eigenvalue weighted by atomic mass is 35.5. The number of thioether (sulfide) groups is 1. The van der Waals surface area contributed by atoms with Crippen molar-refractivity contribution in [2.24, 2.45) is 7.05 Å². The van der Waals surface area contributed by atoms with Crippen molar-refractivity contribution in [3.8, 4) is 17.5 Å². The Hall–Kier alpha value is -2.82. The number of rotatable bonds is 6. The molecular weight excluding hydrogens is 382 g/mol. The number of halogens is 1. The van der Waals surface area contributed by atoms with Gasteiger partial charge in [0.1, 0.15) is 0 Å². The summed E-state index contributed by atoms with van der Waals surface area (Å²) in [5.41, 5.74) is 2.40. The van der Waals surface area contributed by atoms with E-state index < -0.39 is 0 Å². The van der Waals surface area contributed by atoms with Crippen LogP contribution < -0.4 is 5.32 Å². The highest BCUT2D eigenvalue weighted by Crippen LogP contribution is 2.28. The standard InChI is InChI=1S/C19H16ClN5OS/c1-25-18(15-4-2-3-5-16(15)20)23-24-19(25)27-12-17(26)22-14-8-6-13(7-9-14)10-11-21/h2-9H,10,12H2,1H3,(H,22,26). The van der Waals surface area contributed by atoms with E-state index >= 15 is 0 Å². The lowest BCUT2D eigenvalue weighted by Gasteiger charge is -2.07. The summed E-state index contributed by atoms with van der Waals surface area (Å²) >= 11 is 7.52. The zero-order valence-corrected chi connectivity index (χ0v) is 16.1. The number of hydrogen-bond acceptors (Lipinski definition) is 5. The quantitative estimate of drug-likeness (QED) is 0.637. The first-order valence-corrected chi connectivity index (χ1v) is 9.47. The molecule has 3 rings (SSSR count). The SMILES string of the molecule is Cn1c(SCC(=O)Nc2ccc(CC#N)cc2)nnc1-c1ccccc1Cl. The predicted molar refractivity (Wildman–Crippen MR) is 107 cm³/mol. The van der Waals surface area contributed by atoms with Crippen LogP contribution >= 0.6 is 23.4 Å². The van der Waals surface area contributed by atoms with Crippen LogP contribution in [0.2, 0.25) is 5.02 Å². The Balaban J connectivity index is 1.61. The summed E-state index contributed by atoms with van der Waals surface area (Å²) < 4.78 is 1.82. The molecule has 0 unspecified atom stereocenters. The van der Waals surface area contributed by atoms with E-state index in [1.165, 1.54) is 11.8 Å². The first kappa shape index (κ1) is 19.0. The Morgan fingerprint density at radius 1 is 1.22 bits per heavy atom. The maximum atomic E-state index is 12.2. The molecule has 0 saturated heterocycles. The Bertz CT molecular complexity index is 994. The van der Waals surface area contributed by atoms with Gasteiger partial charge in [-0.2, -0.15) is 5.26 Å². The average molecular weight is 398 g/mol. The van der Waals surface area contributed by atoms with E-state index in [0.717, 1.165) is 11.1 Å². The van der Waals surface area contributed by atoms with E-state index in [-0.39, 0.29) is 11.7 Å². The molecule has 6 nitrogen and oxygen atoms in total. The molecule has 0 bridgehead atoms. The van der Waals surface area contributed by atoms with Gasteiger partial charge in [0.2, 0.25) is 5.91 Å². The van der Waals surface area contributed by atoms with Gasteiger partial charge in [-0.1, -0.05) is 47.6 Å². The average Bonchev–Trinajstić information content (AvgIpc) is 3.03. The van der Waals surface area contributed by atoms with Crippen molar-refractivity contribution >= 4 is 35.0 Å². The predicted octanol–water partition coefficient (Wildman–Crippen LogP) is 3.93. The third-order valence-electron chi connectivity index (χ3n) is 3.80. The van der Waals surface area contributed by atoms with Gasteiger partial charge < -0.3 is 9.88 Å². The molecule has 8 heteroatoms. The molecule has 27 heavy (non-hydrogen) atoms. The second-order valence-corrected chi connectivity index (χ2v) is 7.06. The van der Waals surface area contributed by atoms with E-state index in [9.17, 15) is 4.79 Å². The molecule has 136 valence electrons. The fourth-order valence-electron chi connectivity index (χ4n) is 2.44. The molecule has 1 aromatic heterocycles. The van der Waals surface area contributed by atoms with Crippen LogP contribution in [-0.2, 0) is 18.3 Å². The lowest BCUT2D eigenvalue weighted by atomic mass is 10.1. The molecule has 1 amide bonds. The summed E-state index contributed by atoms with van der Waals surface area (Å²) in [7, 11) is 1.84. The first-order valence-electron chi connectivity index (χ1n) is 8.11. The van der Waals surface area contributed by atoms with Gasteiger partial charge in [0, 0.05) is 18.3 Å². The molecule has 0 radical (unpaired) electrons. The van der Waals surface area contributed by atoms with Crippen molar-refractivity contribution in [1.82, 2.24) is 14.8 Å². The van der Waals surface area contributed by atoms with Crippen molar-refractivity contribution < 1.29 is 4.79 Å². The van der Waals surface area contributed by atoms with E-state index in [1.807, 2.05) is 41.9 Å². The van der Waals surface area contributed by atoms with Gasteiger partial charge in [0.15, 0.2) is 11.0 Å². The first-order chi connectivity index (χ1) is 13.1. The largest absolute Gasteiger partial charge is 0.325 e. The minimum atomic E-state index is -0.143. The fraction of sp³-hybridized carbons (Fsp3) is 0.158. The van der Waals surface area contributed by atoms with Gasteiger partial charge in [-0.25, -0.2) is 0 Å². The van der Waals surface area contributed by atoms with E-state index in [1.54, 1.807) is 18.2 Å². The van der Waals surface area contributed by atoms with E-state index in [0.29, 0.717) is 28.1 Å². The summed E-state index contributed by atoms with van der Waals surface area (Å²) in [5, 5.41) is 21.1. The van der Waals surface area contributed by atoms with E-state index in [2.05, 4.69) is 21.6 Å². The molecule has 2 aromatic carbocycles. The summed E-state index contributed by atoms with van der Waals surface area (Å²) in [4.78, 5) is 12.2. The molecule has 0 aliphatic rings. The smallest absolute Gasteiger partial charge is 0.234 e. The van der Waals surface area contributed by atoms with Gasteiger partial charge in [-0.15, -0.1) is 10.2 Å². The minimum absolute atomic E-state index is 0.143. The molecule has 0 atom stereocenters. The maximum Gasteiger partial charge on any atom is 0.234 e. The van der Waals surface area contributed by atoms with Crippen LogP contribution in [-0.4, -0.2) is 26.4 Å². The van der Waals surface area contributed by atoms with Gasteiger partial charge in [-0.3, -0.25) is 4.79 Å². The molecule has 0 aliphatic carbocycles. The second-order valence-electron chi connectivity index (χ2n) is 5.71. The Labute approximate surface area is 166 Å². The number of amides is 1. The number of hydrogen-bond donors (Lipinski definition) is 1. The minimum Gasteiger partial charge on any atom is -0.325 e. The molecular formula is C19H16ClN5OS. The van der Waals surface area contributed by atoms with Crippen LogP contribution in [0.15, 0.2) is 53.7 Å².